The summed E-state index contributed by atoms with van der Waals surface area (Å²) in [5, 5.41) is 23.5. The molecule has 114 valence electrons. The summed E-state index contributed by atoms with van der Waals surface area (Å²) in [7, 11) is 0. The van der Waals surface area contributed by atoms with Crippen molar-refractivity contribution in [3.63, 3.8) is 0 Å². The summed E-state index contributed by atoms with van der Waals surface area (Å²) in [6.07, 6.45) is 5.24. The van der Waals surface area contributed by atoms with Crippen molar-refractivity contribution in [1.82, 2.24) is 4.98 Å². The molecule has 1 saturated carbocycles. The second kappa shape index (κ2) is 6.71. The average molecular weight is 314 g/mol. The van der Waals surface area contributed by atoms with Crippen LogP contribution in [-0.4, -0.2) is 27.0 Å². The SMILES string of the molecule is O=C(O)C1CCCCCC1Nc1ncc(Cl)cc1[N+](=O)[O-]. The molecule has 2 rings (SSSR count). The first-order valence-electron chi connectivity index (χ1n) is 6.78. The smallest absolute Gasteiger partial charge is 0.312 e. The number of carbonyl (C=O) groups is 1. The summed E-state index contributed by atoms with van der Waals surface area (Å²) in [4.78, 5) is 25.8. The monoisotopic (exact) mass is 313 g/mol. The molecule has 0 bridgehead atoms. The zero-order valence-corrected chi connectivity index (χ0v) is 12.0. The minimum atomic E-state index is -0.883. The standard InChI is InChI=1S/C13H16ClN3O4/c14-8-6-11(17(20)21)12(15-7-8)16-10-5-3-1-2-4-9(10)13(18)19/h6-7,9-10H,1-5H2,(H,15,16)(H,18,19). The van der Waals surface area contributed by atoms with Gasteiger partial charge in [-0.05, 0) is 12.8 Å². The highest BCUT2D eigenvalue weighted by atomic mass is 35.5. The Hall–Kier alpha value is -1.89. The number of anilines is 1. The van der Waals surface area contributed by atoms with Crippen molar-refractivity contribution < 1.29 is 14.8 Å². The molecule has 0 spiro atoms. The highest BCUT2D eigenvalue weighted by Crippen LogP contribution is 2.30. The molecule has 1 heterocycles. The summed E-state index contributed by atoms with van der Waals surface area (Å²) >= 11 is 5.72. The minimum Gasteiger partial charge on any atom is -0.481 e. The molecule has 2 atom stereocenters. The molecule has 0 saturated heterocycles. The summed E-state index contributed by atoms with van der Waals surface area (Å²) < 4.78 is 0. The Morgan fingerprint density at radius 1 is 1.43 bits per heavy atom. The van der Waals surface area contributed by atoms with Crippen molar-refractivity contribution >= 4 is 29.1 Å². The first kappa shape index (κ1) is 15.5. The van der Waals surface area contributed by atoms with Crippen LogP contribution >= 0.6 is 11.6 Å². The highest BCUT2D eigenvalue weighted by molar-refractivity contribution is 6.30. The van der Waals surface area contributed by atoms with Gasteiger partial charge in [0.05, 0.1) is 15.9 Å². The normalized spacial score (nSPS) is 22.3. The van der Waals surface area contributed by atoms with E-state index in [2.05, 4.69) is 10.3 Å². The fraction of sp³-hybridized carbons (Fsp3) is 0.538. The molecule has 0 aliphatic heterocycles. The molecule has 2 N–H and O–H groups in total. The van der Waals surface area contributed by atoms with E-state index in [1.54, 1.807) is 0 Å². The quantitative estimate of drug-likeness (QED) is 0.502. The van der Waals surface area contributed by atoms with Crippen LogP contribution in [0.25, 0.3) is 0 Å². The Morgan fingerprint density at radius 3 is 2.81 bits per heavy atom. The maximum absolute atomic E-state index is 11.4. The van der Waals surface area contributed by atoms with Crippen molar-refractivity contribution in [3.8, 4) is 0 Å². The zero-order valence-electron chi connectivity index (χ0n) is 11.3. The van der Waals surface area contributed by atoms with E-state index in [1.165, 1.54) is 12.3 Å². The van der Waals surface area contributed by atoms with Crippen LogP contribution in [0.5, 0.6) is 0 Å². The van der Waals surface area contributed by atoms with Gasteiger partial charge in [-0.1, -0.05) is 30.9 Å². The second-order valence-electron chi connectivity index (χ2n) is 5.11. The van der Waals surface area contributed by atoms with Gasteiger partial charge in [0.15, 0.2) is 0 Å². The number of aliphatic carboxylic acids is 1. The number of nitrogens with one attached hydrogen (secondary N) is 1. The first-order chi connectivity index (χ1) is 9.99. The Bertz CT molecular complexity index is 552. The Morgan fingerprint density at radius 2 is 2.14 bits per heavy atom. The lowest BCUT2D eigenvalue weighted by molar-refractivity contribution is -0.384. The number of halogens is 1. The number of carboxylic acid groups (broad SMARTS) is 1. The molecule has 1 fully saturated rings. The number of hydrogen-bond donors (Lipinski definition) is 2. The molecule has 0 aromatic carbocycles. The molecule has 7 nitrogen and oxygen atoms in total. The molecular formula is C13H16ClN3O4. The van der Waals surface area contributed by atoms with Crippen molar-refractivity contribution in [2.24, 2.45) is 5.92 Å². The van der Waals surface area contributed by atoms with Crippen LogP contribution in [-0.2, 0) is 4.79 Å². The Kier molecular flexibility index (Phi) is 4.95. The molecular weight excluding hydrogens is 298 g/mol. The lowest BCUT2D eigenvalue weighted by Crippen LogP contribution is -2.34. The number of nitro groups is 1. The van der Waals surface area contributed by atoms with Gasteiger partial charge < -0.3 is 10.4 Å². The molecule has 2 unspecified atom stereocenters. The lowest BCUT2D eigenvalue weighted by atomic mass is 9.95. The predicted molar refractivity (Wildman–Crippen MR) is 77.5 cm³/mol. The molecule has 1 aromatic heterocycles. The van der Waals surface area contributed by atoms with Gasteiger partial charge in [0.2, 0.25) is 5.82 Å². The lowest BCUT2D eigenvalue weighted by Gasteiger charge is -2.23. The second-order valence-corrected chi connectivity index (χ2v) is 5.55. The van der Waals surface area contributed by atoms with Gasteiger partial charge in [0.1, 0.15) is 0 Å². The molecule has 0 amide bonds. The van der Waals surface area contributed by atoms with Crippen LogP contribution in [0.15, 0.2) is 12.3 Å². The summed E-state index contributed by atoms with van der Waals surface area (Å²) in [6.45, 7) is 0. The van der Waals surface area contributed by atoms with Gasteiger partial charge in [0.25, 0.3) is 0 Å². The van der Waals surface area contributed by atoms with Crippen molar-refractivity contribution in [2.45, 2.75) is 38.1 Å². The van der Waals surface area contributed by atoms with E-state index in [1.807, 2.05) is 0 Å². The Balaban J connectivity index is 2.26. The van der Waals surface area contributed by atoms with Crippen molar-refractivity contribution in [2.75, 3.05) is 5.32 Å². The van der Waals surface area contributed by atoms with Crippen LogP contribution in [0, 0.1) is 16.0 Å². The number of rotatable bonds is 4. The van der Waals surface area contributed by atoms with Gasteiger partial charge in [0, 0.05) is 18.3 Å². The van der Waals surface area contributed by atoms with Gasteiger partial charge in [-0.3, -0.25) is 14.9 Å². The van der Waals surface area contributed by atoms with Gasteiger partial charge >= 0.3 is 11.7 Å². The topological polar surface area (TPSA) is 105 Å². The van der Waals surface area contributed by atoms with E-state index < -0.39 is 16.8 Å². The van der Waals surface area contributed by atoms with Gasteiger partial charge in [-0.15, -0.1) is 0 Å². The number of pyridine rings is 1. The summed E-state index contributed by atoms with van der Waals surface area (Å²) in [6, 6.07) is 0.848. The third-order valence-corrected chi connectivity index (χ3v) is 3.89. The van der Waals surface area contributed by atoms with Crippen LogP contribution in [0.3, 0.4) is 0 Å². The van der Waals surface area contributed by atoms with Crippen molar-refractivity contribution in [3.05, 3.63) is 27.4 Å². The van der Waals surface area contributed by atoms with Crippen LogP contribution in [0.1, 0.15) is 32.1 Å². The fourth-order valence-electron chi connectivity index (χ4n) is 2.63. The van der Waals surface area contributed by atoms with Crippen LogP contribution in [0.4, 0.5) is 11.5 Å². The van der Waals surface area contributed by atoms with E-state index in [0.29, 0.717) is 12.8 Å². The van der Waals surface area contributed by atoms with E-state index in [9.17, 15) is 20.0 Å². The summed E-state index contributed by atoms with van der Waals surface area (Å²) in [5.74, 6) is -1.38. The number of hydrogen-bond acceptors (Lipinski definition) is 5. The minimum absolute atomic E-state index is 0.0718. The molecule has 1 aliphatic rings. The largest absolute Gasteiger partial charge is 0.481 e. The van der Waals surface area contributed by atoms with E-state index in [4.69, 9.17) is 11.6 Å². The fourth-order valence-corrected chi connectivity index (χ4v) is 2.78. The average Bonchev–Trinajstić information content (AvgIpc) is 2.66. The van der Waals surface area contributed by atoms with Gasteiger partial charge in [-0.25, -0.2) is 4.98 Å². The molecule has 21 heavy (non-hydrogen) atoms. The third kappa shape index (κ3) is 3.81. The third-order valence-electron chi connectivity index (χ3n) is 3.69. The molecule has 1 aliphatic carbocycles. The van der Waals surface area contributed by atoms with E-state index >= 15 is 0 Å². The first-order valence-corrected chi connectivity index (χ1v) is 7.16. The van der Waals surface area contributed by atoms with Crippen LogP contribution < -0.4 is 5.32 Å². The van der Waals surface area contributed by atoms with Crippen LogP contribution in [0.2, 0.25) is 5.02 Å². The molecule has 0 radical (unpaired) electrons. The zero-order chi connectivity index (χ0) is 15.4. The van der Waals surface area contributed by atoms with E-state index in [0.717, 1.165) is 19.3 Å². The number of nitrogens with zero attached hydrogens (tertiary/aromatic N) is 2. The van der Waals surface area contributed by atoms with Crippen molar-refractivity contribution in [1.29, 1.82) is 0 Å². The molecule has 1 aromatic rings. The number of carboxylic acids is 1. The highest BCUT2D eigenvalue weighted by Gasteiger charge is 2.31. The molecule has 8 heteroatoms. The van der Waals surface area contributed by atoms with Gasteiger partial charge in [-0.2, -0.15) is 0 Å². The number of aromatic nitrogens is 1. The predicted octanol–water partition coefficient (Wildman–Crippen LogP) is 3.09. The van der Waals surface area contributed by atoms with E-state index in [-0.39, 0.29) is 22.6 Å². The maximum Gasteiger partial charge on any atom is 0.312 e. The maximum atomic E-state index is 11.4. The Labute approximate surface area is 126 Å². The summed E-state index contributed by atoms with van der Waals surface area (Å²) in [5.41, 5.74) is -0.240.